The topological polar surface area (TPSA) is 102 Å². The molecule has 0 fully saturated rings. The quantitative estimate of drug-likeness (QED) is 0.640. The summed E-state index contributed by atoms with van der Waals surface area (Å²) in [6.45, 7) is 2.10. The molecule has 3 rings (SSSR count). The molecule has 0 saturated heterocycles. The number of rotatable bonds is 6. The average molecular weight is 401 g/mol. The number of hydrogen-bond donors (Lipinski definition) is 1. The maximum Gasteiger partial charge on any atom is 0.262 e. The molecule has 2 aromatic heterocycles. The highest BCUT2D eigenvalue weighted by molar-refractivity contribution is 7.20. The lowest BCUT2D eigenvalue weighted by Gasteiger charge is -2.12. The van der Waals surface area contributed by atoms with E-state index in [-0.39, 0.29) is 5.56 Å². The predicted octanol–water partition coefficient (Wildman–Crippen LogP) is 3.41. The fourth-order valence-electron chi connectivity index (χ4n) is 2.96. The highest BCUT2D eigenvalue weighted by atomic mass is 35.5. The Bertz CT molecular complexity index is 1110. The summed E-state index contributed by atoms with van der Waals surface area (Å²) < 4.78 is 1.60. The first-order chi connectivity index (χ1) is 12.9. The molecule has 3 aromatic rings. The maximum absolute atomic E-state index is 13.1. The van der Waals surface area contributed by atoms with E-state index in [1.165, 1.54) is 0 Å². The SMILES string of the molecule is Cc1c(C(N)=O)sc2nc(Cc3ccc(Cl)cc3)n(CCCC#N)c(=O)c12. The van der Waals surface area contributed by atoms with E-state index in [2.05, 4.69) is 11.1 Å². The van der Waals surface area contributed by atoms with E-state index < -0.39 is 5.91 Å². The number of aromatic nitrogens is 2. The second-order valence-electron chi connectivity index (χ2n) is 6.15. The van der Waals surface area contributed by atoms with Gasteiger partial charge in [-0.2, -0.15) is 5.26 Å². The Balaban J connectivity index is 2.15. The summed E-state index contributed by atoms with van der Waals surface area (Å²) in [5.41, 5.74) is 6.74. The van der Waals surface area contributed by atoms with Gasteiger partial charge in [0.15, 0.2) is 0 Å². The molecule has 0 unspecified atom stereocenters. The molecule has 0 atom stereocenters. The lowest BCUT2D eigenvalue weighted by molar-refractivity contribution is 0.100. The minimum atomic E-state index is -0.565. The number of amides is 1. The number of halogens is 1. The summed E-state index contributed by atoms with van der Waals surface area (Å²) in [5.74, 6) is 0.0233. The van der Waals surface area contributed by atoms with E-state index in [0.717, 1.165) is 16.9 Å². The van der Waals surface area contributed by atoms with E-state index in [1.54, 1.807) is 23.6 Å². The molecule has 0 aliphatic heterocycles. The molecule has 2 heterocycles. The van der Waals surface area contributed by atoms with Crippen LogP contribution < -0.4 is 11.3 Å². The van der Waals surface area contributed by atoms with Crippen LogP contribution in [-0.2, 0) is 13.0 Å². The number of fused-ring (bicyclic) bond motifs is 1. The average Bonchev–Trinajstić information content (AvgIpc) is 2.96. The standard InChI is InChI=1S/C19H17ClN4O2S/c1-11-15-18(27-16(11)17(22)25)23-14(10-12-4-6-13(20)7-5-12)24(19(15)26)9-3-2-8-21/h4-7H,2-3,9-10H2,1H3,(H2,22,25). The fourth-order valence-corrected chi connectivity index (χ4v) is 4.13. The van der Waals surface area contributed by atoms with Gasteiger partial charge in [-0.15, -0.1) is 11.3 Å². The Kier molecular flexibility index (Phi) is 5.59. The normalized spacial score (nSPS) is 10.9. The zero-order chi connectivity index (χ0) is 19.6. The highest BCUT2D eigenvalue weighted by Crippen LogP contribution is 2.27. The minimum Gasteiger partial charge on any atom is -0.365 e. The van der Waals surface area contributed by atoms with Gasteiger partial charge < -0.3 is 5.73 Å². The molecule has 0 radical (unpaired) electrons. The first-order valence-corrected chi connectivity index (χ1v) is 9.55. The molecule has 2 N–H and O–H groups in total. The monoisotopic (exact) mass is 400 g/mol. The van der Waals surface area contributed by atoms with E-state index in [1.807, 2.05) is 12.1 Å². The van der Waals surface area contributed by atoms with Gasteiger partial charge in [0.05, 0.1) is 16.3 Å². The van der Waals surface area contributed by atoms with Crippen LogP contribution in [0.2, 0.25) is 5.02 Å². The number of hydrogen-bond acceptors (Lipinski definition) is 5. The van der Waals surface area contributed by atoms with Crippen molar-refractivity contribution in [2.75, 3.05) is 0 Å². The van der Waals surface area contributed by atoms with Gasteiger partial charge in [0.2, 0.25) is 0 Å². The van der Waals surface area contributed by atoms with Crippen molar-refractivity contribution < 1.29 is 4.79 Å². The van der Waals surface area contributed by atoms with Crippen molar-refractivity contribution >= 4 is 39.1 Å². The van der Waals surface area contributed by atoms with E-state index in [4.69, 9.17) is 22.6 Å². The Morgan fingerprint density at radius 2 is 2.07 bits per heavy atom. The largest absolute Gasteiger partial charge is 0.365 e. The van der Waals surface area contributed by atoms with Crippen LogP contribution in [0.3, 0.4) is 0 Å². The van der Waals surface area contributed by atoms with Crippen molar-refractivity contribution in [1.82, 2.24) is 9.55 Å². The maximum atomic E-state index is 13.1. The molecule has 138 valence electrons. The number of aryl methyl sites for hydroxylation is 1. The number of nitriles is 1. The predicted molar refractivity (Wildman–Crippen MR) is 106 cm³/mol. The molecular formula is C19H17ClN4O2S. The third-order valence-corrected chi connectivity index (χ3v) is 5.75. The Hall–Kier alpha value is -2.69. The molecule has 0 aliphatic carbocycles. The molecule has 0 aliphatic rings. The molecule has 0 spiro atoms. The lowest BCUT2D eigenvalue weighted by atomic mass is 10.1. The number of thiophene rings is 1. The molecule has 0 bridgehead atoms. The molecule has 1 aromatic carbocycles. The van der Waals surface area contributed by atoms with Crippen molar-refractivity contribution in [3.63, 3.8) is 0 Å². The van der Waals surface area contributed by atoms with Crippen molar-refractivity contribution in [2.45, 2.75) is 32.7 Å². The summed E-state index contributed by atoms with van der Waals surface area (Å²) in [7, 11) is 0. The smallest absolute Gasteiger partial charge is 0.262 e. The second-order valence-corrected chi connectivity index (χ2v) is 7.59. The van der Waals surface area contributed by atoms with Crippen LogP contribution in [0.4, 0.5) is 0 Å². The Morgan fingerprint density at radius 1 is 1.37 bits per heavy atom. The van der Waals surface area contributed by atoms with Crippen LogP contribution in [0.5, 0.6) is 0 Å². The number of unbranched alkanes of at least 4 members (excludes halogenated alkanes) is 1. The third kappa shape index (κ3) is 3.87. The zero-order valence-electron chi connectivity index (χ0n) is 14.7. The molecular weight excluding hydrogens is 384 g/mol. The van der Waals surface area contributed by atoms with Gasteiger partial charge in [-0.25, -0.2) is 4.98 Å². The van der Waals surface area contributed by atoms with Gasteiger partial charge in [-0.05, 0) is 36.6 Å². The van der Waals surface area contributed by atoms with Gasteiger partial charge in [0.25, 0.3) is 11.5 Å². The number of nitrogens with zero attached hydrogens (tertiary/aromatic N) is 3. The molecule has 27 heavy (non-hydrogen) atoms. The van der Waals surface area contributed by atoms with Gasteiger partial charge in [0.1, 0.15) is 10.7 Å². The van der Waals surface area contributed by atoms with Crippen LogP contribution in [0.25, 0.3) is 10.2 Å². The zero-order valence-corrected chi connectivity index (χ0v) is 16.2. The number of carbonyl (C=O) groups is 1. The number of carbonyl (C=O) groups excluding carboxylic acids is 1. The summed E-state index contributed by atoms with van der Waals surface area (Å²) in [6.07, 6.45) is 1.33. The number of benzene rings is 1. The Labute approximate surface area is 164 Å². The molecule has 8 heteroatoms. The molecule has 0 saturated carbocycles. The van der Waals surface area contributed by atoms with Gasteiger partial charge in [-0.3, -0.25) is 14.2 Å². The number of nitrogens with two attached hydrogens (primary N) is 1. The Morgan fingerprint density at radius 3 is 2.70 bits per heavy atom. The van der Waals surface area contributed by atoms with Crippen molar-refractivity contribution in [3.05, 3.63) is 61.5 Å². The highest BCUT2D eigenvalue weighted by Gasteiger charge is 2.20. The fraction of sp³-hybridized carbons (Fsp3) is 0.263. The lowest BCUT2D eigenvalue weighted by Crippen LogP contribution is -2.25. The van der Waals surface area contributed by atoms with E-state index in [9.17, 15) is 9.59 Å². The van der Waals surface area contributed by atoms with Crippen LogP contribution in [-0.4, -0.2) is 15.5 Å². The van der Waals surface area contributed by atoms with Crippen molar-refractivity contribution in [2.24, 2.45) is 5.73 Å². The van der Waals surface area contributed by atoms with Gasteiger partial charge >= 0.3 is 0 Å². The second kappa shape index (κ2) is 7.91. The van der Waals surface area contributed by atoms with Crippen LogP contribution in [0.15, 0.2) is 29.1 Å². The molecule has 6 nitrogen and oxygen atoms in total. The van der Waals surface area contributed by atoms with E-state index in [0.29, 0.717) is 57.3 Å². The van der Waals surface area contributed by atoms with Crippen molar-refractivity contribution in [1.29, 1.82) is 5.26 Å². The summed E-state index contributed by atoms with van der Waals surface area (Å²) in [5, 5.41) is 9.86. The first-order valence-electron chi connectivity index (χ1n) is 8.36. The summed E-state index contributed by atoms with van der Waals surface area (Å²) in [4.78, 5) is 30.3. The van der Waals surface area contributed by atoms with Crippen LogP contribution >= 0.6 is 22.9 Å². The number of primary amides is 1. The van der Waals surface area contributed by atoms with Crippen LogP contribution in [0.1, 0.15) is 39.5 Å². The van der Waals surface area contributed by atoms with Crippen LogP contribution in [0, 0.1) is 18.3 Å². The minimum absolute atomic E-state index is 0.205. The van der Waals surface area contributed by atoms with E-state index >= 15 is 0 Å². The summed E-state index contributed by atoms with van der Waals surface area (Å²) in [6, 6.07) is 9.43. The molecule has 1 amide bonds. The van der Waals surface area contributed by atoms with Gasteiger partial charge in [0, 0.05) is 24.4 Å². The van der Waals surface area contributed by atoms with Gasteiger partial charge in [-0.1, -0.05) is 23.7 Å². The first kappa shape index (κ1) is 19.1. The summed E-state index contributed by atoms with van der Waals surface area (Å²) >= 11 is 7.08. The third-order valence-electron chi connectivity index (χ3n) is 4.30. The van der Waals surface area contributed by atoms with Crippen molar-refractivity contribution in [3.8, 4) is 6.07 Å².